The second-order valence-electron chi connectivity index (χ2n) is 7.07. The molecular formula is C18H21N5Na4O6P2. The third kappa shape index (κ3) is 12.7. The van der Waals surface area contributed by atoms with Crippen LogP contribution in [0.3, 0.4) is 0 Å². The number of hydrogen-bond donors (Lipinski definition) is 1. The Morgan fingerprint density at radius 1 is 0.857 bits per heavy atom. The van der Waals surface area contributed by atoms with Crippen LogP contribution in [0, 0.1) is 0 Å². The Kier molecular flexibility index (Phi) is 19.6. The molecule has 0 bridgehead atoms. The number of benzene rings is 1. The van der Waals surface area contributed by atoms with Gasteiger partial charge in [-0.15, -0.1) is 0 Å². The Hall–Kier alpha value is 1.90. The van der Waals surface area contributed by atoms with Crippen LogP contribution in [0.5, 0.6) is 0 Å². The van der Waals surface area contributed by atoms with Gasteiger partial charge in [0.05, 0.1) is 5.39 Å². The van der Waals surface area contributed by atoms with E-state index in [1.165, 1.54) is 11.2 Å². The van der Waals surface area contributed by atoms with Crippen LogP contribution >= 0.6 is 15.2 Å². The molecule has 0 atom stereocenters. The number of rotatable bonds is 10. The van der Waals surface area contributed by atoms with Crippen molar-refractivity contribution >= 4 is 32.0 Å². The molecule has 0 aliphatic heterocycles. The van der Waals surface area contributed by atoms with E-state index in [4.69, 9.17) is 5.73 Å². The SMILES string of the molecule is Nc1ncnc2c1c(-c1ccccc1)cn2CCN(CCP(=O)([O-])[O-])CCP(=O)([O-])[O-].[Na+].[Na+].[Na+].[Na+]. The molecule has 0 saturated heterocycles. The largest absolute Gasteiger partial charge is 1.00 e. The minimum absolute atomic E-state index is 0. The van der Waals surface area contributed by atoms with Crippen LogP contribution in [0.2, 0.25) is 0 Å². The van der Waals surface area contributed by atoms with Crippen molar-refractivity contribution in [2.45, 2.75) is 6.54 Å². The zero-order valence-electron chi connectivity index (χ0n) is 20.5. The van der Waals surface area contributed by atoms with Crippen molar-refractivity contribution in [3.8, 4) is 11.1 Å². The summed E-state index contributed by atoms with van der Waals surface area (Å²) in [6.07, 6.45) is 1.84. The van der Waals surface area contributed by atoms with Crippen molar-refractivity contribution in [2.75, 3.05) is 37.7 Å². The fourth-order valence-corrected chi connectivity index (χ4v) is 4.32. The molecule has 0 amide bonds. The van der Waals surface area contributed by atoms with Crippen LogP contribution in [0.15, 0.2) is 42.9 Å². The summed E-state index contributed by atoms with van der Waals surface area (Å²) in [4.78, 5) is 53.9. The number of nitrogen functional groups attached to an aromatic ring is 1. The number of hydrogen-bond acceptors (Lipinski definition) is 10. The zero-order chi connectivity index (χ0) is 22.6. The molecule has 0 fully saturated rings. The maximum Gasteiger partial charge on any atom is 1.00 e. The van der Waals surface area contributed by atoms with E-state index in [1.54, 1.807) is 4.57 Å². The Bertz CT molecular complexity index is 1120. The second kappa shape index (κ2) is 17.6. The van der Waals surface area contributed by atoms with Crippen LogP contribution in [0.1, 0.15) is 0 Å². The van der Waals surface area contributed by atoms with Gasteiger partial charge in [0, 0.05) is 37.9 Å². The average molecular weight is 557 g/mol. The second-order valence-corrected chi connectivity index (χ2v) is 10.4. The van der Waals surface area contributed by atoms with Crippen LogP contribution < -0.4 is 144 Å². The van der Waals surface area contributed by atoms with Gasteiger partial charge in [-0.25, -0.2) is 9.97 Å². The molecule has 1 aromatic carbocycles. The summed E-state index contributed by atoms with van der Waals surface area (Å²) in [5.41, 5.74) is 8.35. The quantitative estimate of drug-likeness (QED) is 0.185. The molecule has 2 aromatic heterocycles. The molecule has 17 heteroatoms. The predicted molar refractivity (Wildman–Crippen MR) is 109 cm³/mol. The van der Waals surface area contributed by atoms with Gasteiger partial charge in [-0.05, 0) is 17.9 Å². The number of aromatic nitrogens is 3. The molecular weight excluding hydrogens is 536 g/mol. The summed E-state index contributed by atoms with van der Waals surface area (Å²) in [6.45, 7) is 0.143. The van der Waals surface area contributed by atoms with Gasteiger partial charge in [-0.3, -0.25) is 0 Å². The summed E-state index contributed by atoms with van der Waals surface area (Å²) in [6, 6.07) is 9.48. The summed E-state index contributed by atoms with van der Waals surface area (Å²) in [5.74, 6) is 0.303. The van der Waals surface area contributed by atoms with E-state index >= 15 is 0 Å². The topological polar surface area (TPSA) is 186 Å². The first-order valence-electron chi connectivity index (χ1n) is 9.43. The number of nitrogens with zero attached hydrogens (tertiary/aromatic N) is 4. The molecule has 2 heterocycles. The summed E-state index contributed by atoms with van der Waals surface area (Å²) in [5, 5.41) is 0.660. The van der Waals surface area contributed by atoms with Crippen LogP contribution in [-0.2, 0) is 15.7 Å². The molecule has 0 aliphatic rings. The maximum atomic E-state index is 11.0. The molecule has 0 radical (unpaired) electrons. The van der Waals surface area contributed by atoms with Gasteiger partial charge in [0.2, 0.25) is 0 Å². The Morgan fingerprint density at radius 2 is 1.40 bits per heavy atom. The average Bonchev–Trinajstić information content (AvgIpc) is 3.07. The normalized spacial score (nSPS) is 11.2. The van der Waals surface area contributed by atoms with Gasteiger partial charge in [-0.1, -0.05) is 45.5 Å². The van der Waals surface area contributed by atoms with E-state index < -0.39 is 27.5 Å². The molecule has 3 rings (SSSR count). The van der Waals surface area contributed by atoms with Crippen molar-refractivity contribution in [2.24, 2.45) is 0 Å². The molecule has 168 valence electrons. The van der Waals surface area contributed by atoms with Gasteiger partial charge in [0.1, 0.15) is 17.8 Å². The Morgan fingerprint density at radius 3 is 1.91 bits per heavy atom. The van der Waals surface area contributed by atoms with E-state index in [1.807, 2.05) is 36.5 Å². The van der Waals surface area contributed by atoms with Crippen molar-refractivity contribution in [1.29, 1.82) is 0 Å². The van der Waals surface area contributed by atoms with Crippen molar-refractivity contribution < 1.29 is 147 Å². The number of fused-ring (bicyclic) bond motifs is 1. The third-order valence-corrected chi connectivity index (χ3v) is 6.30. The van der Waals surface area contributed by atoms with Crippen LogP contribution in [0.4, 0.5) is 5.82 Å². The van der Waals surface area contributed by atoms with E-state index in [2.05, 4.69) is 9.97 Å². The van der Waals surface area contributed by atoms with Crippen LogP contribution in [0.25, 0.3) is 22.2 Å². The zero-order valence-corrected chi connectivity index (χ0v) is 30.3. The smallest absolute Gasteiger partial charge is 0.811 e. The molecule has 0 saturated carbocycles. The van der Waals surface area contributed by atoms with E-state index in [9.17, 15) is 28.7 Å². The molecule has 3 aromatic rings. The van der Waals surface area contributed by atoms with Crippen molar-refractivity contribution in [1.82, 2.24) is 19.4 Å². The predicted octanol–water partition coefficient (Wildman–Crippen LogP) is -13.2. The van der Waals surface area contributed by atoms with Crippen LogP contribution in [-0.4, -0.2) is 51.4 Å². The minimum Gasteiger partial charge on any atom is -0.811 e. The third-order valence-electron chi connectivity index (χ3n) is 4.81. The molecule has 2 N–H and O–H groups in total. The minimum atomic E-state index is -4.77. The maximum absolute atomic E-state index is 11.0. The van der Waals surface area contributed by atoms with E-state index in [0.29, 0.717) is 23.4 Å². The van der Waals surface area contributed by atoms with Gasteiger partial charge < -0.3 is 43.9 Å². The Balaban J connectivity index is 0. The fraction of sp³-hybridized carbons (Fsp3) is 0.333. The molecule has 35 heavy (non-hydrogen) atoms. The van der Waals surface area contributed by atoms with Gasteiger partial charge in [-0.2, -0.15) is 0 Å². The summed E-state index contributed by atoms with van der Waals surface area (Å²) in [7, 11) is -9.54. The van der Waals surface area contributed by atoms with E-state index in [0.717, 1.165) is 11.1 Å². The Labute approximate surface area is 292 Å². The first-order valence-corrected chi connectivity index (χ1v) is 12.9. The van der Waals surface area contributed by atoms with Crippen molar-refractivity contribution in [3.63, 3.8) is 0 Å². The number of anilines is 1. The van der Waals surface area contributed by atoms with E-state index in [-0.39, 0.29) is 138 Å². The number of nitrogens with two attached hydrogens (primary N) is 1. The van der Waals surface area contributed by atoms with Gasteiger partial charge in [0.15, 0.2) is 0 Å². The molecule has 0 spiro atoms. The van der Waals surface area contributed by atoms with Crippen molar-refractivity contribution in [3.05, 3.63) is 42.9 Å². The molecule has 0 unspecified atom stereocenters. The molecule has 11 nitrogen and oxygen atoms in total. The summed E-state index contributed by atoms with van der Waals surface area (Å²) < 4.78 is 23.8. The summed E-state index contributed by atoms with van der Waals surface area (Å²) >= 11 is 0. The first-order chi connectivity index (χ1) is 14.5. The van der Waals surface area contributed by atoms with Gasteiger partial charge >= 0.3 is 118 Å². The van der Waals surface area contributed by atoms with Gasteiger partial charge in [0.25, 0.3) is 0 Å². The molecule has 0 aliphatic carbocycles. The first kappa shape index (κ1) is 39.0. The standard InChI is InChI=1S/C18H25N5O6P2.4Na/c19-17-16-15(14-4-2-1-3-5-14)12-23(18(16)21-13-20-17)7-6-22(8-10-30(24,25)26)9-11-31(27,28)29;;;;/h1-5,12-13H,6-11H2,(H2,19,20,21)(H2,24,25,26)(H2,27,28,29);;;;/q;4*+1/p-4. The fourth-order valence-electron chi connectivity index (χ4n) is 3.27. The monoisotopic (exact) mass is 557 g/mol.